The highest BCUT2D eigenvalue weighted by Crippen LogP contribution is 2.38. The molecule has 0 aliphatic heterocycles. The van der Waals surface area contributed by atoms with E-state index in [9.17, 15) is 9.59 Å². The molecule has 0 atom stereocenters. The minimum absolute atomic E-state index is 0.151. The maximum absolute atomic E-state index is 14.0. The van der Waals surface area contributed by atoms with Crippen LogP contribution in [0.4, 0.5) is 16.2 Å². The number of benzene rings is 2. The number of H-pyrrole nitrogens is 1. The van der Waals surface area contributed by atoms with E-state index in [2.05, 4.69) is 75.0 Å². The van der Waals surface area contributed by atoms with Crippen molar-refractivity contribution in [3.63, 3.8) is 0 Å². The van der Waals surface area contributed by atoms with Crippen LogP contribution in [-0.2, 0) is 0 Å². The molecule has 4 aromatic rings. The lowest BCUT2D eigenvalue weighted by atomic mass is 9.88. The fourth-order valence-electron chi connectivity index (χ4n) is 4.83. The summed E-state index contributed by atoms with van der Waals surface area (Å²) in [4.78, 5) is 35.8. The number of urea groups is 1. The molecule has 2 aromatic heterocycles. The number of aromatic amines is 1. The maximum Gasteiger partial charge on any atom is 0.326 e. The zero-order chi connectivity index (χ0) is 29.0. The predicted molar refractivity (Wildman–Crippen MR) is 165 cm³/mol. The van der Waals surface area contributed by atoms with E-state index in [0.717, 1.165) is 45.5 Å². The van der Waals surface area contributed by atoms with Crippen LogP contribution in [0.5, 0.6) is 5.75 Å². The van der Waals surface area contributed by atoms with Gasteiger partial charge in [0, 0.05) is 23.8 Å². The van der Waals surface area contributed by atoms with Crippen molar-refractivity contribution in [2.24, 2.45) is 5.92 Å². The van der Waals surface area contributed by atoms with Gasteiger partial charge in [-0.2, -0.15) is 0 Å². The number of aromatic nitrogens is 2. The monoisotopic (exact) mass is 540 g/mol. The van der Waals surface area contributed by atoms with Gasteiger partial charge in [0.2, 0.25) is 0 Å². The Labute approximate surface area is 236 Å². The van der Waals surface area contributed by atoms with Crippen molar-refractivity contribution < 1.29 is 9.53 Å². The third kappa shape index (κ3) is 6.36. The van der Waals surface area contributed by atoms with E-state index in [1.165, 1.54) is 0 Å². The Bertz CT molecular complexity index is 1530. The molecule has 0 fully saturated rings. The average Bonchev–Trinajstić information content (AvgIpc) is 2.92. The molecule has 2 heterocycles. The number of carbonyl (C=O) groups excluding carboxylic acids is 1. The Hall–Kier alpha value is -4.13. The number of methoxy groups -OCH3 is 1. The molecule has 0 unspecified atom stereocenters. The number of ether oxygens (including phenoxy) is 1. The largest absolute Gasteiger partial charge is 0.497 e. The summed E-state index contributed by atoms with van der Waals surface area (Å²) in [6.45, 7) is 13.1. The third-order valence-corrected chi connectivity index (χ3v) is 7.14. The molecule has 7 nitrogen and oxygen atoms in total. The molecule has 40 heavy (non-hydrogen) atoms. The number of nitrogens with zero attached hydrogens (tertiary/aromatic N) is 2. The molecule has 0 saturated carbocycles. The molecule has 0 aliphatic carbocycles. The van der Waals surface area contributed by atoms with E-state index < -0.39 is 0 Å². The van der Waals surface area contributed by atoms with E-state index in [4.69, 9.17) is 4.74 Å². The SMILES string of the molecule is COc1cccc(-c2cc(C(C)C)c(NC(=O)N(CCC(C)C)c3cc4cccnc4[nH]c3=O)c(C(C)C)c2)c1. The molecular formula is C33H40N4O3. The number of pyridine rings is 2. The topological polar surface area (TPSA) is 87.3 Å². The second kappa shape index (κ2) is 12.4. The van der Waals surface area contributed by atoms with E-state index in [1.807, 2.05) is 30.3 Å². The second-order valence-corrected chi connectivity index (χ2v) is 11.3. The first-order valence-electron chi connectivity index (χ1n) is 14.0. The van der Waals surface area contributed by atoms with Crippen LogP contribution in [0.15, 0.2) is 65.6 Å². The lowest BCUT2D eigenvalue weighted by molar-refractivity contribution is 0.256. The molecule has 2 N–H and O–H groups in total. The van der Waals surface area contributed by atoms with Crippen molar-refractivity contribution in [1.82, 2.24) is 9.97 Å². The van der Waals surface area contributed by atoms with Crippen LogP contribution < -0.4 is 20.5 Å². The summed E-state index contributed by atoms with van der Waals surface area (Å²) < 4.78 is 5.46. The van der Waals surface area contributed by atoms with Gasteiger partial charge in [0.15, 0.2) is 0 Å². The van der Waals surface area contributed by atoms with Gasteiger partial charge < -0.3 is 15.0 Å². The van der Waals surface area contributed by atoms with E-state index in [0.29, 0.717) is 23.8 Å². The number of rotatable bonds is 9. The molecule has 210 valence electrons. The lowest BCUT2D eigenvalue weighted by Crippen LogP contribution is -2.40. The first-order chi connectivity index (χ1) is 19.1. The molecule has 0 spiro atoms. The van der Waals surface area contributed by atoms with Crippen LogP contribution in [0.25, 0.3) is 22.2 Å². The predicted octanol–water partition coefficient (Wildman–Crippen LogP) is 7.93. The molecule has 2 amide bonds. The number of carbonyl (C=O) groups is 1. The van der Waals surface area contributed by atoms with Gasteiger partial charge in [-0.3, -0.25) is 9.69 Å². The van der Waals surface area contributed by atoms with Gasteiger partial charge in [-0.15, -0.1) is 0 Å². The van der Waals surface area contributed by atoms with E-state index in [-0.39, 0.29) is 23.4 Å². The number of anilines is 2. The average molecular weight is 541 g/mol. The summed E-state index contributed by atoms with van der Waals surface area (Å²) >= 11 is 0. The Balaban J connectivity index is 1.80. The van der Waals surface area contributed by atoms with Gasteiger partial charge in [0.05, 0.1) is 7.11 Å². The van der Waals surface area contributed by atoms with E-state index >= 15 is 0 Å². The standard InChI is InChI=1S/C33H40N4O3/c1-20(2)13-15-37(29-19-24-11-9-14-34-31(24)36-32(29)38)33(39)35-30-27(21(3)4)17-25(18-28(30)22(5)6)23-10-8-12-26(16-23)40-7/h8-12,14,16-22H,13,15H2,1-7H3,(H,35,39)(H,34,36,38). The van der Waals surface area contributed by atoms with Crippen molar-refractivity contribution in [3.8, 4) is 16.9 Å². The van der Waals surface area contributed by atoms with Gasteiger partial charge in [-0.05, 0) is 88.9 Å². The summed E-state index contributed by atoms with van der Waals surface area (Å²) in [5.41, 5.74) is 5.47. The highest BCUT2D eigenvalue weighted by atomic mass is 16.5. The zero-order valence-electron chi connectivity index (χ0n) is 24.5. The highest BCUT2D eigenvalue weighted by molar-refractivity contribution is 6.03. The Kier molecular flexibility index (Phi) is 8.93. The van der Waals surface area contributed by atoms with Crippen LogP contribution in [0, 0.1) is 5.92 Å². The first-order valence-corrected chi connectivity index (χ1v) is 14.0. The highest BCUT2D eigenvalue weighted by Gasteiger charge is 2.24. The number of hydrogen-bond donors (Lipinski definition) is 2. The lowest BCUT2D eigenvalue weighted by Gasteiger charge is -2.27. The van der Waals surface area contributed by atoms with Crippen LogP contribution in [0.1, 0.15) is 70.9 Å². The normalized spacial score (nSPS) is 11.4. The van der Waals surface area contributed by atoms with Gasteiger partial charge >= 0.3 is 6.03 Å². The smallest absolute Gasteiger partial charge is 0.326 e. The molecule has 0 aliphatic rings. The van der Waals surface area contributed by atoms with Crippen LogP contribution in [-0.4, -0.2) is 29.7 Å². The number of amides is 2. The molecule has 7 heteroatoms. The summed E-state index contributed by atoms with van der Waals surface area (Å²) in [7, 11) is 1.67. The summed E-state index contributed by atoms with van der Waals surface area (Å²) in [5.74, 6) is 1.45. The molecule has 0 bridgehead atoms. The van der Waals surface area contributed by atoms with Gasteiger partial charge in [0.25, 0.3) is 5.56 Å². The van der Waals surface area contributed by atoms with Crippen LogP contribution in [0.3, 0.4) is 0 Å². The second-order valence-electron chi connectivity index (χ2n) is 11.3. The molecule has 4 rings (SSSR count). The molecule has 2 aromatic carbocycles. The Morgan fingerprint density at radius 1 is 0.950 bits per heavy atom. The van der Waals surface area contributed by atoms with Gasteiger partial charge in [-0.1, -0.05) is 53.7 Å². The fourth-order valence-corrected chi connectivity index (χ4v) is 4.83. The van der Waals surface area contributed by atoms with E-state index in [1.54, 1.807) is 24.3 Å². The Morgan fingerprint density at radius 3 is 2.27 bits per heavy atom. The summed E-state index contributed by atoms with van der Waals surface area (Å²) in [5, 5.41) is 4.01. The first kappa shape index (κ1) is 28.9. The van der Waals surface area contributed by atoms with Crippen LogP contribution >= 0.6 is 0 Å². The van der Waals surface area contributed by atoms with Crippen molar-refractivity contribution in [1.29, 1.82) is 0 Å². The molecule has 0 radical (unpaired) electrons. The van der Waals surface area contributed by atoms with Gasteiger partial charge in [-0.25, -0.2) is 9.78 Å². The summed E-state index contributed by atoms with van der Waals surface area (Å²) in [6.07, 6.45) is 2.39. The minimum atomic E-state index is -0.341. The minimum Gasteiger partial charge on any atom is -0.497 e. The maximum atomic E-state index is 14.0. The van der Waals surface area contributed by atoms with Crippen molar-refractivity contribution in [2.75, 3.05) is 23.9 Å². The number of fused-ring (bicyclic) bond motifs is 1. The van der Waals surface area contributed by atoms with Crippen molar-refractivity contribution in [3.05, 3.63) is 82.3 Å². The van der Waals surface area contributed by atoms with Crippen molar-refractivity contribution in [2.45, 2.75) is 59.8 Å². The number of nitrogens with one attached hydrogen (secondary N) is 2. The molecule has 0 saturated heterocycles. The third-order valence-electron chi connectivity index (χ3n) is 7.14. The molecular weight excluding hydrogens is 500 g/mol. The quantitative estimate of drug-likeness (QED) is 0.226. The van der Waals surface area contributed by atoms with Gasteiger partial charge in [0.1, 0.15) is 17.1 Å². The number of hydrogen-bond acceptors (Lipinski definition) is 4. The Morgan fingerprint density at radius 2 is 1.65 bits per heavy atom. The zero-order valence-corrected chi connectivity index (χ0v) is 24.5. The fraction of sp³-hybridized carbons (Fsp3) is 0.364. The van der Waals surface area contributed by atoms with Crippen LogP contribution in [0.2, 0.25) is 0 Å². The summed E-state index contributed by atoms with van der Waals surface area (Å²) in [6, 6.07) is 17.4. The van der Waals surface area contributed by atoms with Crippen molar-refractivity contribution >= 4 is 28.4 Å².